The predicted octanol–water partition coefficient (Wildman–Crippen LogP) is 4.37. The fourth-order valence-corrected chi connectivity index (χ4v) is 3.18. The molecule has 3 nitrogen and oxygen atoms in total. The Bertz CT molecular complexity index is 768. The Balaban J connectivity index is 1.76. The first kappa shape index (κ1) is 17.2. The molecule has 2 aromatic carbocycles. The molecule has 6 heteroatoms. The van der Waals surface area contributed by atoms with Crippen LogP contribution >= 0.6 is 23.2 Å². The van der Waals surface area contributed by atoms with Crippen molar-refractivity contribution in [3.8, 4) is 0 Å². The van der Waals surface area contributed by atoms with Gasteiger partial charge in [-0.15, -0.1) is 0 Å². The van der Waals surface area contributed by atoms with Crippen molar-refractivity contribution >= 4 is 34.8 Å². The third-order valence-electron chi connectivity index (χ3n) is 4.33. The third-order valence-corrected chi connectivity index (χ3v) is 5.07. The van der Waals surface area contributed by atoms with Gasteiger partial charge in [0, 0.05) is 30.9 Å². The second kappa shape index (κ2) is 7.09. The normalized spacial score (nSPS) is 18.9. The topological polar surface area (TPSA) is 23.6 Å². The van der Waals surface area contributed by atoms with Gasteiger partial charge in [0.2, 0.25) is 5.91 Å². The van der Waals surface area contributed by atoms with Gasteiger partial charge in [0.15, 0.2) is 0 Å². The Hall–Kier alpha value is -1.62. The van der Waals surface area contributed by atoms with Gasteiger partial charge in [0.1, 0.15) is 5.82 Å². The molecule has 0 radical (unpaired) electrons. The quantitative estimate of drug-likeness (QED) is 0.804. The molecular weight excluding hydrogens is 350 g/mol. The maximum absolute atomic E-state index is 13.8. The van der Waals surface area contributed by atoms with Gasteiger partial charge in [0.05, 0.1) is 16.1 Å². The molecule has 3 rings (SSSR count). The molecule has 0 bridgehead atoms. The fourth-order valence-electron chi connectivity index (χ4n) is 2.88. The van der Waals surface area contributed by atoms with Gasteiger partial charge in [-0.2, -0.15) is 0 Å². The van der Waals surface area contributed by atoms with Crippen LogP contribution in [-0.2, 0) is 11.3 Å². The number of anilines is 1. The van der Waals surface area contributed by atoms with Crippen LogP contribution < -0.4 is 4.90 Å². The fraction of sp³-hybridized carbons (Fsp3) is 0.278. The molecule has 1 saturated heterocycles. The van der Waals surface area contributed by atoms with E-state index in [2.05, 4.69) is 0 Å². The van der Waals surface area contributed by atoms with Crippen molar-refractivity contribution in [2.45, 2.75) is 19.5 Å². The number of benzene rings is 2. The summed E-state index contributed by atoms with van der Waals surface area (Å²) in [7, 11) is 0. The molecule has 2 aromatic rings. The maximum Gasteiger partial charge on any atom is 0.244 e. The monoisotopic (exact) mass is 366 g/mol. The molecule has 1 atom stereocenters. The van der Waals surface area contributed by atoms with Gasteiger partial charge < -0.3 is 4.90 Å². The van der Waals surface area contributed by atoms with E-state index in [1.807, 2.05) is 11.8 Å². The largest absolute Gasteiger partial charge is 0.310 e. The molecule has 1 aliphatic rings. The van der Waals surface area contributed by atoms with Crippen LogP contribution in [0.1, 0.15) is 12.5 Å². The molecule has 0 spiro atoms. The minimum Gasteiger partial charge on any atom is -0.310 e. The lowest BCUT2D eigenvalue weighted by atomic mass is 10.1. The molecule has 126 valence electrons. The van der Waals surface area contributed by atoms with Crippen LogP contribution in [0.25, 0.3) is 0 Å². The minimum atomic E-state index is -0.340. The van der Waals surface area contributed by atoms with E-state index in [-0.39, 0.29) is 17.8 Å². The van der Waals surface area contributed by atoms with Crippen molar-refractivity contribution in [3.63, 3.8) is 0 Å². The highest BCUT2D eigenvalue weighted by atomic mass is 35.5. The Labute approximate surface area is 150 Å². The van der Waals surface area contributed by atoms with E-state index in [1.54, 1.807) is 41.3 Å². The molecule has 0 saturated carbocycles. The van der Waals surface area contributed by atoms with Crippen LogP contribution in [0.3, 0.4) is 0 Å². The summed E-state index contributed by atoms with van der Waals surface area (Å²) in [4.78, 5) is 16.4. The van der Waals surface area contributed by atoms with E-state index >= 15 is 0 Å². The number of nitrogens with zero attached hydrogens (tertiary/aromatic N) is 2. The first-order valence-electron chi connectivity index (χ1n) is 7.71. The lowest BCUT2D eigenvalue weighted by molar-refractivity contribution is -0.125. The number of rotatable bonds is 3. The van der Waals surface area contributed by atoms with E-state index in [0.29, 0.717) is 35.2 Å². The molecule has 1 heterocycles. The smallest absolute Gasteiger partial charge is 0.244 e. The van der Waals surface area contributed by atoms with Crippen molar-refractivity contribution in [3.05, 3.63) is 63.9 Å². The van der Waals surface area contributed by atoms with E-state index in [4.69, 9.17) is 23.2 Å². The SMILES string of the molecule is CC1C(=O)N(c2ccc(Cl)c(Cl)c2)CCN1Cc1ccccc1F. The predicted molar refractivity (Wildman–Crippen MR) is 95.1 cm³/mol. The number of piperazine rings is 1. The minimum absolute atomic E-state index is 0.0315. The van der Waals surface area contributed by atoms with Crippen molar-refractivity contribution in [2.24, 2.45) is 0 Å². The highest BCUT2D eigenvalue weighted by Gasteiger charge is 2.32. The number of carbonyl (C=O) groups is 1. The van der Waals surface area contributed by atoms with Crippen LogP contribution in [0, 0.1) is 5.82 Å². The Morgan fingerprint density at radius 3 is 2.58 bits per heavy atom. The van der Waals surface area contributed by atoms with Gasteiger partial charge in [0.25, 0.3) is 0 Å². The van der Waals surface area contributed by atoms with Gasteiger partial charge in [-0.1, -0.05) is 41.4 Å². The second-order valence-corrected chi connectivity index (χ2v) is 6.64. The lowest BCUT2D eigenvalue weighted by Gasteiger charge is -2.39. The van der Waals surface area contributed by atoms with Gasteiger partial charge in [-0.25, -0.2) is 4.39 Å². The molecule has 1 aliphatic heterocycles. The van der Waals surface area contributed by atoms with Crippen molar-refractivity contribution in [1.29, 1.82) is 0 Å². The van der Waals surface area contributed by atoms with E-state index in [0.717, 1.165) is 5.69 Å². The number of hydrogen-bond donors (Lipinski definition) is 0. The van der Waals surface area contributed by atoms with Crippen LogP contribution in [0.4, 0.5) is 10.1 Å². The van der Waals surface area contributed by atoms with E-state index < -0.39 is 0 Å². The highest BCUT2D eigenvalue weighted by molar-refractivity contribution is 6.42. The number of amides is 1. The highest BCUT2D eigenvalue weighted by Crippen LogP contribution is 2.29. The third kappa shape index (κ3) is 3.41. The summed E-state index contributed by atoms with van der Waals surface area (Å²) in [6, 6.07) is 11.5. The van der Waals surface area contributed by atoms with Gasteiger partial charge in [-0.3, -0.25) is 9.69 Å². The zero-order valence-electron chi connectivity index (χ0n) is 13.2. The number of halogens is 3. The van der Waals surface area contributed by atoms with Crippen molar-refractivity contribution in [1.82, 2.24) is 4.90 Å². The maximum atomic E-state index is 13.8. The summed E-state index contributed by atoms with van der Waals surface area (Å²) in [5, 5.41) is 0.877. The average molecular weight is 367 g/mol. The number of carbonyl (C=O) groups excluding carboxylic acids is 1. The van der Waals surface area contributed by atoms with Gasteiger partial charge in [-0.05, 0) is 31.2 Å². The summed E-state index contributed by atoms with van der Waals surface area (Å²) in [6.07, 6.45) is 0. The second-order valence-electron chi connectivity index (χ2n) is 5.83. The van der Waals surface area contributed by atoms with Crippen LogP contribution in [-0.4, -0.2) is 29.9 Å². The molecular formula is C18H17Cl2FN2O. The summed E-state index contributed by atoms with van der Waals surface area (Å²) in [5.41, 5.74) is 1.33. The lowest BCUT2D eigenvalue weighted by Crippen LogP contribution is -2.55. The zero-order valence-corrected chi connectivity index (χ0v) is 14.7. The Kier molecular flexibility index (Phi) is 5.09. The summed E-state index contributed by atoms with van der Waals surface area (Å²) < 4.78 is 13.8. The molecule has 24 heavy (non-hydrogen) atoms. The summed E-state index contributed by atoms with van der Waals surface area (Å²) in [6.45, 7) is 3.43. The molecule has 1 fully saturated rings. The Morgan fingerprint density at radius 2 is 1.88 bits per heavy atom. The standard InChI is InChI=1S/C18H17Cl2FN2O/c1-12-18(24)23(14-6-7-15(19)16(20)10-14)9-8-22(12)11-13-4-2-3-5-17(13)21/h2-7,10,12H,8-9,11H2,1H3. The van der Waals surface area contributed by atoms with E-state index in [9.17, 15) is 9.18 Å². The molecule has 0 aromatic heterocycles. The Morgan fingerprint density at radius 1 is 1.12 bits per heavy atom. The zero-order chi connectivity index (χ0) is 17.3. The molecule has 1 unspecified atom stereocenters. The summed E-state index contributed by atoms with van der Waals surface area (Å²) >= 11 is 12.0. The van der Waals surface area contributed by atoms with Gasteiger partial charge >= 0.3 is 0 Å². The first-order chi connectivity index (χ1) is 11.5. The van der Waals surface area contributed by atoms with Crippen LogP contribution in [0.5, 0.6) is 0 Å². The van der Waals surface area contributed by atoms with Crippen LogP contribution in [0.15, 0.2) is 42.5 Å². The van der Waals surface area contributed by atoms with Crippen molar-refractivity contribution < 1.29 is 9.18 Å². The molecule has 0 aliphatic carbocycles. The summed E-state index contributed by atoms with van der Waals surface area (Å²) in [5.74, 6) is -0.278. The first-order valence-corrected chi connectivity index (χ1v) is 8.47. The van der Waals surface area contributed by atoms with Crippen LogP contribution in [0.2, 0.25) is 10.0 Å². The molecule has 0 N–H and O–H groups in total. The number of hydrogen-bond acceptors (Lipinski definition) is 2. The average Bonchev–Trinajstić information content (AvgIpc) is 2.57. The van der Waals surface area contributed by atoms with E-state index in [1.165, 1.54) is 6.07 Å². The molecule has 1 amide bonds. The van der Waals surface area contributed by atoms with Crippen molar-refractivity contribution in [2.75, 3.05) is 18.0 Å².